The number of thiol groups is 1. The molecule has 1 aromatic rings. The van der Waals surface area contributed by atoms with Crippen molar-refractivity contribution in [2.45, 2.75) is 165 Å². The van der Waals surface area contributed by atoms with Crippen molar-refractivity contribution in [3.05, 3.63) is 11.1 Å². The zero-order valence-corrected chi connectivity index (χ0v) is 26.9. The van der Waals surface area contributed by atoms with Gasteiger partial charge in [0.05, 0.1) is 11.9 Å². The first-order valence-corrected chi connectivity index (χ1v) is 17.2. The van der Waals surface area contributed by atoms with E-state index in [-0.39, 0.29) is 16.5 Å². The normalized spacial score (nSPS) is 13.0. The average Bonchev–Trinajstić information content (AvgIpc) is 2.90. The SMILES string of the molecule is CCCCCCCCC(CCCCC(=O)OCCCCCC)Sc1nc(Cl)nc(C(S)CCCCCC)n1. The first-order valence-electron chi connectivity index (χ1n) is 15.4. The Morgan fingerprint density at radius 2 is 1.32 bits per heavy atom. The number of rotatable bonds is 25. The van der Waals surface area contributed by atoms with Crippen LogP contribution in [-0.2, 0) is 9.53 Å². The third-order valence-electron chi connectivity index (χ3n) is 6.80. The molecule has 1 aromatic heterocycles. The maximum absolute atomic E-state index is 12.1. The van der Waals surface area contributed by atoms with Crippen molar-refractivity contribution in [1.82, 2.24) is 15.0 Å². The van der Waals surface area contributed by atoms with E-state index in [2.05, 4.69) is 30.7 Å². The van der Waals surface area contributed by atoms with Crippen molar-refractivity contribution < 1.29 is 9.53 Å². The minimum Gasteiger partial charge on any atom is -0.466 e. The van der Waals surface area contributed by atoms with Crippen LogP contribution in [0.3, 0.4) is 0 Å². The van der Waals surface area contributed by atoms with Crippen molar-refractivity contribution in [1.29, 1.82) is 0 Å². The molecule has 0 aliphatic rings. The monoisotopic (exact) mass is 587 g/mol. The topological polar surface area (TPSA) is 65.0 Å². The van der Waals surface area contributed by atoms with Crippen LogP contribution in [-0.4, -0.2) is 32.8 Å². The summed E-state index contributed by atoms with van der Waals surface area (Å²) in [5.74, 6) is 0.626. The number of carbonyl (C=O) groups excluding carboxylic acids is 1. The number of carbonyl (C=O) groups is 1. The van der Waals surface area contributed by atoms with E-state index >= 15 is 0 Å². The highest BCUT2D eigenvalue weighted by Crippen LogP contribution is 2.31. The lowest BCUT2D eigenvalue weighted by Crippen LogP contribution is -2.09. The van der Waals surface area contributed by atoms with Crippen molar-refractivity contribution in [2.75, 3.05) is 6.61 Å². The second-order valence-electron chi connectivity index (χ2n) is 10.4. The minimum atomic E-state index is -0.0609. The predicted octanol–water partition coefficient (Wildman–Crippen LogP) is 10.4. The number of aromatic nitrogens is 3. The third kappa shape index (κ3) is 18.7. The Kier molecular flexibility index (Phi) is 22.7. The highest BCUT2D eigenvalue weighted by Gasteiger charge is 2.18. The number of hydrogen-bond acceptors (Lipinski definition) is 7. The molecule has 5 nitrogen and oxygen atoms in total. The quantitative estimate of drug-likeness (QED) is 0.0531. The summed E-state index contributed by atoms with van der Waals surface area (Å²) in [4.78, 5) is 25.7. The van der Waals surface area contributed by atoms with Crippen LogP contribution in [0.5, 0.6) is 0 Å². The molecule has 220 valence electrons. The number of halogens is 1. The number of esters is 1. The fourth-order valence-corrected chi connectivity index (χ4v) is 6.10. The average molecular weight is 588 g/mol. The summed E-state index contributed by atoms with van der Waals surface area (Å²) in [7, 11) is 0. The fourth-order valence-electron chi connectivity index (χ4n) is 4.43. The Morgan fingerprint density at radius 1 is 0.763 bits per heavy atom. The van der Waals surface area contributed by atoms with Crippen LogP contribution in [0.25, 0.3) is 0 Å². The second-order valence-corrected chi connectivity index (χ2v) is 12.7. The summed E-state index contributed by atoms with van der Waals surface area (Å²) in [6, 6.07) is 0. The molecule has 0 fully saturated rings. The Labute approximate surface area is 248 Å². The van der Waals surface area contributed by atoms with Crippen molar-refractivity contribution >= 4 is 42.0 Å². The molecular weight excluding hydrogens is 534 g/mol. The second kappa shape index (κ2) is 24.3. The van der Waals surface area contributed by atoms with Crippen LogP contribution >= 0.6 is 36.0 Å². The number of thioether (sulfide) groups is 1. The molecule has 0 aliphatic carbocycles. The molecule has 38 heavy (non-hydrogen) atoms. The highest BCUT2D eigenvalue weighted by atomic mass is 35.5. The molecule has 0 saturated carbocycles. The van der Waals surface area contributed by atoms with Crippen molar-refractivity contribution in [2.24, 2.45) is 0 Å². The van der Waals surface area contributed by atoms with E-state index in [1.165, 1.54) is 70.6 Å². The van der Waals surface area contributed by atoms with Gasteiger partial charge in [0, 0.05) is 11.7 Å². The molecule has 2 atom stereocenters. The van der Waals surface area contributed by atoms with Crippen LogP contribution in [0.15, 0.2) is 5.16 Å². The van der Waals surface area contributed by atoms with Gasteiger partial charge in [0.1, 0.15) is 5.82 Å². The van der Waals surface area contributed by atoms with E-state index in [0.29, 0.717) is 29.3 Å². The molecule has 0 aliphatic heterocycles. The van der Waals surface area contributed by atoms with Gasteiger partial charge in [-0.15, -0.1) is 0 Å². The lowest BCUT2D eigenvalue weighted by atomic mass is 10.0. The summed E-state index contributed by atoms with van der Waals surface area (Å²) in [6.07, 6.45) is 22.5. The van der Waals surface area contributed by atoms with Crippen LogP contribution in [0.4, 0.5) is 0 Å². The van der Waals surface area contributed by atoms with Crippen LogP contribution in [0.1, 0.15) is 160 Å². The molecule has 0 aromatic carbocycles. The molecule has 0 spiro atoms. The van der Waals surface area contributed by atoms with Gasteiger partial charge in [-0.05, 0) is 43.7 Å². The molecule has 1 heterocycles. The Bertz CT molecular complexity index is 727. The van der Waals surface area contributed by atoms with E-state index in [1.54, 1.807) is 11.8 Å². The summed E-state index contributed by atoms with van der Waals surface area (Å²) < 4.78 is 5.40. The van der Waals surface area contributed by atoms with Gasteiger partial charge >= 0.3 is 5.97 Å². The lowest BCUT2D eigenvalue weighted by molar-refractivity contribution is -0.143. The summed E-state index contributed by atoms with van der Waals surface area (Å²) >= 11 is 12.8. The number of hydrogen-bond donors (Lipinski definition) is 1. The zero-order valence-electron chi connectivity index (χ0n) is 24.4. The van der Waals surface area contributed by atoms with Gasteiger partial charge in [0.15, 0.2) is 5.16 Å². The first-order chi connectivity index (χ1) is 18.5. The third-order valence-corrected chi connectivity index (χ3v) is 8.66. The molecular formula is C30H54ClN3O2S2. The molecule has 8 heteroatoms. The van der Waals surface area contributed by atoms with E-state index in [9.17, 15) is 4.79 Å². The van der Waals surface area contributed by atoms with Crippen molar-refractivity contribution in [3.63, 3.8) is 0 Å². The molecule has 0 N–H and O–H groups in total. The van der Waals surface area contributed by atoms with Crippen molar-refractivity contribution in [3.8, 4) is 0 Å². The summed E-state index contributed by atoms with van der Waals surface area (Å²) in [6.45, 7) is 7.22. The highest BCUT2D eigenvalue weighted by molar-refractivity contribution is 7.99. The van der Waals surface area contributed by atoms with Gasteiger partial charge in [-0.1, -0.05) is 122 Å². The lowest BCUT2D eigenvalue weighted by Gasteiger charge is -2.17. The van der Waals surface area contributed by atoms with Crippen LogP contribution < -0.4 is 0 Å². The first kappa shape index (κ1) is 35.5. The van der Waals surface area contributed by atoms with Crippen LogP contribution in [0.2, 0.25) is 5.28 Å². The van der Waals surface area contributed by atoms with Gasteiger partial charge in [0.2, 0.25) is 5.28 Å². The molecule has 1 rings (SSSR count). The Balaban J connectivity index is 2.60. The fraction of sp³-hybridized carbons (Fsp3) is 0.867. The zero-order chi connectivity index (χ0) is 27.8. The summed E-state index contributed by atoms with van der Waals surface area (Å²) in [5.41, 5.74) is 0. The molecule has 2 unspecified atom stereocenters. The van der Waals surface area contributed by atoms with Gasteiger partial charge < -0.3 is 4.74 Å². The van der Waals surface area contributed by atoms with E-state index in [1.807, 2.05) is 0 Å². The minimum absolute atomic E-state index is 0.0169. The van der Waals surface area contributed by atoms with E-state index in [4.69, 9.17) is 34.0 Å². The largest absolute Gasteiger partial charge is 0.466 e. The van der Waals surface area contributed by atoms with E-state index in [0.717, 1.165) is 51.4 Å². The molecule has 0 radical (unpaired) electrons. The summed E-state index contributed by atoms with van der Waals surface area (Å²) in [5, 5.41) is 1.34. The van der Waals surface area contributed by atoms with E-state index < -0.39 is 0 Å². The number of unbranched alkanes of at least 4 members (excludes halogenated alkanes) is 12. The smallest absolute Gasteiger partial charge is 0.305 e. The Morgan fingerprint density at radius 3 is 2.00 bits per heavy atom. The van der Waals surface area contributed by atoms with Gasteiger partial charge in [0.25, 0.3) is 0 Å². The molecule has 0 bridgehead atoms. The Hall–Kier alpha value is -0.530. The van der Waals surface area contributed by atoms with Gasteiger partial charge in [-0.25, -0.2) is 9.97 Å². The standard InChI is InChI=1S/C30H54ClN3O2S2/c1-4-7-10-13-14-15-20-25(21-17-18-23-27(35)36-24-19-12-9-6-3)38-30-33-28(32-29(31)34-30)26(37)22-16-11-8-5-2/h25-26,37H,4-24H2,1-3H3. The van der Waals surface area contributed by atoms with Gasteiger partial charge in [-0.3, -0.25) is 4.79 Å². The number of nitrogens with zero attached hydrogens (tertiary/aromatic N) is 3. The van der Waals surface area contributed by atoms with Crippen LogP contribution in [0, 0.1) is 0 Å². The molecule has 0 amide bonds. The number of ether oxygens (including phenoxy) is 1. The van der Waals surface area contributed by atoms with Gasteiger partial charge in [-0.2, -0.15) is 17.6 Å². The maximum Gasteiger partial charge on any atom is 0.305 e. The predicted molar refractivity (Wildman–Crippen MR) is 167 cm³/mol. The molecule has 0 saturated heterocycles. The maximum atomic E-state index is 12.1.